The number of carbonyl (C=O) groups excluding carboxylic acids is 1. The Balaban J connectivity index is 1.96. The molecule has 0 radical (unpaired) electrons. The smallest absolute Gasteiger partial charge is 0.235 e. The SMILES string of the molecule is CCCOc1ccc2c(c1OCCC)C(=O)/C(=C/c1ccc(Cl)cc1)O2. The minimum Gasteiger partial charge on any atom is -0.490 e. The summed E-state index contributed by atoms with van der Waals surface area (Å²) in [6, 6.07) is 10.7. The highest BCUT2D eigenvalue weighted by Gasteiger charge is 2.33. The van der Waals surface area contributed by atoms with Gasteiger partial charge in [0.05, 0.1) is 13.2 Å². The summed E-state index contributed by atoms with van der Waals surface area (Å²) in [4.78, 5) is 12.9. The second-order valence-corrected chi connectivity index (χ2v) is 6.39. The van der Waals surface area contributed by atoms with Gasteiger partial charge in [0.2, 0.25) is 5.78 Å². The molecule has 0 bridgehead atoms. The number of ether oxygens (including phenoxy) is 3. The first-order valence-electron chi connectivity index (χ1n) is 8.76. The van der Waals surface area contributed by atoms with Crippen LogP contribution in [0.25, 0.3) is 6.08 Å². The lowest BCUT2D eigenvalue weighted by atomic mass is 10.1. The van der Waals surface area contributed by atoms with Gasteiger partial charge in [0.15, 0.2) is 17.3 Å². The second kappa shape index (κ2) is 8.28. The maximum Gasteiger partial charge on any atom is 0.235 e. The van der Waals surface area contributed by atoms with Crippen LogP contribution in [0.2, 0.25) is 5.02 Å². The van der Waals surface area contributed by atoms with Crippen molar-refractivity contribution in [1.29, 1.82) is 0 Å². The Bertz CT molecular complexity index is 825. The van der Waals surface area contributed by atoms with Crippen LogP contribution in [0.5, 0.6) is 17.2 Å². The summed E-state index contributed by atoms with van der Waals surface area (Å²) in [5, 5.41) is 0.641. The lowest BCUT2D eigenvalue weighted by Gasteiger charge is -2.14. The number of Topliss-reactive ketones (excluding diaryl/α,β-unsaturated/α-hetero) is 1. The van der Waals surface area contributed by atoms with E-state index in [0.717, 1.165) is 18.4 Å². The average Bonchev–Trinajstić information content (AvgIpc) is 2.96. The van der Waals surface area contributed by atoms with Crippen molar-refractivity contribution in [3.8, 4) is 17.2 Å². The normalized spacial score (nSPS) is 14.3. The number of hydrogen-bond donors (Lipinski definition) is 0. The van der Waals surface area contributed by atoms with Crippen molar-refractivity contribution < 1.29 is 19.0 Å². The van der Waals surface area contributed by atoms with Crippen LogP contribution < -0.4 is 14.2 Å². The summed E-state index contributed by atoms with van der Waals surface area (Å²) in [6.07, 6.45) is 3.41. The van der Waals surface area contributed by atoms with E-state index in [4.69, 9.17) is 25.8 Å². The number of carbonyl (C=O) groups is 1. The second-order valence-electron chi connectivity index (χ2n) is 5.95. The van der Waals surface area contributed by atoms with Gasteiger partial charge in [0.1, 0.15) is 11.3 Å². The van der Waals surface area contributed by atoms with Crippen molar-refractivity contribution in [3.05, 3.63) is 58.3 Å². The molecular weight excluding hydrogens is 352 g/mol. The molecular formula is C21H21ClO4. The largest absolute Gasteiger partial charge is 0.490 e. The van der Waals surface area contributed by atoms with Crippen molar-refractivity contribution in [2.75, 3.05) is 13.2 Å². The van der Waals surface area contributed by atoms with E-state index < -0.39 is 0 Å². The van der Waals surface area contributed by atoms with Gasteiger partial charge in [-0.15, -0.1) is 0 Å². The van der Waals surface area contributed by atoms with Crippen molar-refractivity contribution in [1.82, 2.24) is 0 Å². The molecule has 26 heavy (non-hydrogen) atoms. The van der Waals surface area contributed by atoms with Crippen LogP contribution in [-0.4, -0.2) is 19.0 Å². The van der Waals surface area contributed by atoms with E-state index in [0.29, 0.717) is 41.0 Å². The fraction of sp³-hybridized carbons (Fsp3) is 0.286. The van der Waals surface area contributed by atoms with Gasteiger partial charge in [0.25, 0.3) is 0 Å². The van der Waals surface area contributed by atoms with Gasteiger partial charge in [-0.3, -0.25) is 4.79 Å². The molecule has 0 aliphatic carbocycles. The third-order valence-corrected chi connectivity index (χ3v) is 4.09. The van der Waals surface area contributed by atoms with Gasteiger partial charge >= 0.3 is 0 Å². The summed E-state index contributed by atoms with van der Waals surface area (Å²) in [6.45, 7) is 5.10. The maximum absolute atomic E-state index is 12.9. The van der Waals surface area contributed by atoms with Crippen LogP contribution in [0.4, 0.5) is 0 Å². The van der Waals surface area contributed by atoms with E-state index in [9.17, 15) is 4.79 Å². The molecule has 5 heteroatoms. The summed E-state index contributed by atoms with van der Waals surface area (Å²) in [7, 11) is 0. The summed E-state index contributed by atoms with van der Waals surface area (Å²) in [5.74, 6) is 1.58. The number of halogens is 1. The molecule has 4 nitrogen and oxygen atoms in total. The molecule has 0 saturated heterocycles. The summed E-state index contributed by atoms with van der Waals surface area (Å²) >= 11 is 5.91. The number of ketones is 1. The molecule has 0 unspecified atom stereocenters. The predicted octanol–water partition coefficient (Wildman–Crippen LogP) is 5.53. The molecule has 1 aliphatic rings. The molecule has 0 amide bonds. The number of hydrogen-bond acceptors (Lipinski definition) is 4. The van der Waals surface area contributed by atoms with Crippen LogP contribution in [0.3, 0.4) is 0 Å². The van der Waals surface area contributed by atoms with Crippen LogP contribution >= 0.6 is 11.6 Å². The molecule has 0 aromatic heterocycles. The highest BCUT2D eigenvalue weighted by atomic mass is 35.5. The fourth-order valence-corrected chi connectivity index (χ4v) is 2.74. The van der Waals surface area contributed by atoms with Gasteiger partial charge in [-0.05, 0) is 48.7 Å². The maximum atomic E-state index is 12.9. The topological polar surface area (TPSA) is 44.8 Å². The van der Waals surface area contributed by atoms with Crippen molar-refractivity contribution in [2.24, 2.45) is 0 Å². The first kappa shape index (κ1) is 18.3. The molecule has 0 atom stereocenters. The number of fused-ring (bicyclic) bond motifs is 1. The zero-order valence-corrected chi connectivity index (χ0v) is 15.6. The van der Waals surface area contributed by atoms with Gasteiger partial charge in [-0.2, -0.15) is 0 Å². The molecule has 2 aromatic carbocycles. The molecule has 0 saturated carbocycles. The van der Waals surface area contributed by atoms with Crippen LogP contribution in [0.1, 0.15) is 42.6 Å². The monoisotopic (exact) mass is 372 g/mol. The molecule has 0 spiro atoms. The Hall–Kier alpha value is -2.46. The fourth-order valence-electron chi connectivity index (χ4n) is 2.61. The van der Waals surface area contributed by atoms with Crippen LogP contribution in [0.15, 0.2) is 42.2 Å². The minimum atomic E-state index is -0.206. The summed E-state index contributed by atoms with van der Waals surface area (Å²) in [5.41, 5.74) is 1.26. The molecule has 136 valence electrons. The molecule has 1 heterocycles. The van der Waals surface area contributed by atoms with E-state index in [1.165, 1.54) is 0 Å². The zero-order chi connectivity index (χ0) is 18.5. The van der Waals surface area contributed by atoms with Gasteiger partial charge < -0.3 is 14.2 Å². The molecule has 1 aliphatic heterocycles. The van der Waals surface area contributed by atoms with Crippen molar-refractivity contribution in [2.45, 2.75) is 26.7 Å². The zero-order valence-electron chi connectivity index (χ0n) is 14.9. The predicted molar refractivity (Wildman–Crippen MR) is 102 cm³/mol. The van der Waals surface area contributed by atoms with E-state index in [1.807, 2.05) is 26.0 Å². The first-order chi connectivity index (χ1) is 12.6. The van der Waals surface area contributed by atoms with Crippen LogP contribution in [0, 0.1) is 0 Å². The number of rotatable bonds is 7. The molecule has 2 aromatic rings. The van der Waals surface area contributed by atoms with E-state index >= 15 is 0 Å². The Morgan fingerprint density at radius 3 is 2.38 bits per heavy atom. The molecule has 3 rings (SSSR count). The highest BCUT2D eigenvalue weighted by Crippen LogP contribution is 2.44. The Labute approximate surface area is 158 Å². The van der Waals surface area contributed by atoms with Crippen LogP contribution in [-0.2, 0) is 0 Å². The van der Waals surface area contributed by atoms with E-state index in [-0.39, 0.29) is 11.5 Å². The third kappa shape index (κ3) is 3.86. The number of benzene rings is 2. The first-order valence-corrected chi connectivity index (χ1v) is 9.14. The Morgan fingerprint density at radius 1 is 1.00 bits per heavy atom. The lowest BCUT2D eigenvalue weighted by Crippen LogP contribution is -2.06. The van der Waals surface area contributed by atoms with Gasteiger partial charge in [0, 0.05) is 5.02 Å². The minimum absolute atomic E-state index is 0.206. The van der Waals surface area contributed by atoms with E-state index in [1.54, 1.807) is 30.3 Å². The lowest BCUT2D eigenvalue weighted by molar-refractivity contribution is 0.101. The molecule has 0 N–H and O–H groups in total. The Morgan fingerprint density at radius 2 is 1.69 bits per heavy atom. The summed E-state index contributed by atoms with van der Waals surface area (Å²) < 4.78 is 17.4. The van der Waals surface area contributed by atoms with Gasteiger partial charge in [-0.1, -0.05) is 37.6 Å². The third-order valence-electron chi connectivity index (χ3n) is 3.83. The average molecular weight is 373 g/mol. The molecule has 0 fully saturated rings. The van der Waals surface area contributed by atoms with E-state index in [2.05, 4.69) is 0 Å². The highest BCUT2D eigenvalue weighted by molar-refractivity contribution is 6.30. The van der Waals surface area contributed by atoms with Crippen molar-refractivity contribution in [3.63, 3.8) is 0 Å². The van der Waals surface area contributed by atoms with Crippen molar-refractivity contribution >= 4 is 23.5 Å². The standard InChI is InChI=1S/C21H21ClO4/c1-3-11-24-17-10-9-16-19(21(17)25-12-4-2)20(23)18(26-16)13-14-5-7-15(22)8-6-14/h5-10,13H,3-4,11-12H2,1-2H3/b18-13-. The quantitative estimate of drug-likeness (QED) is 0.599. The Kier molecular flexibility index (Phi) is 5.84. The van der Waals surface area contributed by atoms with Gasteiger partial charge in [-0.25, -0.2) is 0 Å². The number of allylic oxidation sites excluding steroid dienone is 1.